The summed E-state index contributed by atoms with van der Waals surface area (Å²) in [6.07, 6.45) is 0. The van der Waals surface area contributed by atoms with Crippen molar-refractivity contribution in [1.29, 1.82) is 0 Å². The van der Waals surface area contributed by atoms with Crippen molar-refractivity contribution in [3.05, 3.63) is 29.6 Å². The maximum atomic E-state index is 4.63. The van der Waals surface area contributed by atoms with E-state index in [-0.39, 0.29) is 5.41 Å². The van der Waals surface area contributed by atoms with Crippen molar-refractivity contribution < 1.29 is 0 Å². The molecule has 2 nitrogen and oxygen atoms in total. The lowest BCUT2D eigenvalue weighted by atomic mass is 9.96. The van der Waals surface area contributed by atoms with E-state index in [0.717, 1.165) is 16.9 Å². The van der Waals surface area contributed by atoms with Gasteiger partial charge in [0.05, 0.1) is 11.0 Å². The fraction of sp³-hybridized carbons (Fsp3) is 0.417. The Kier molecular flexibility index (Phi) is 1.88. The van der Waals surface area contributed by atoms with Crippen molar-refractivity contribution in [2.45, 2.75) is 33.1 Å². The van der Waals surface area contributed by atoms with Crippen LogP contribution < -0.4 is 0 Å². The standard InChI is InChI=1S/C12H16N2/c1-8-6-5-7-9-10(8)14-11(13-9)12(2,3)4/h5-7H,1-4H3,(H,13,14). The fourth-order valence-electron chi connectivity index (χ4n) is 1.53. The highest BCUT2D eigenvalue weighted by Gasteiger charge is 2.18. The molecule has 0 spiro atoms. The number of hydrogen-bond acceptors (Lipinski definition) is 1. The number of aryl methyl sites for hydroxylation is 1. The molecule has 2 aromatic rings. The molecule has 0 aliphatic rings. The van der Waals surface area contributed by atoms with E-state index >= 15 is 0 Å². The molecule has 0 aliphatic heterocycles. The van der Waals surface area contributed by atoms with Crippen LogP contribution in [0.25, 0.3) is 11.0 Å². The lowest BCUT2D eigenvalue weighted by Gasteiger charge is -2.13. The summed E-state index contributed by atoms with van der Waals surface area (Å²) in [6, 6.07) is 6.22. The zero-order valence-corrected chi connectivity index (χ0v) is 9.18. The highest BCUT2D eigenvalue weighted by Crippen LogP contribution is 2.23. The SMILES string of the molecule is Cc1cccc2[nH]c(C(C)(C)C)nc12. The van der Waals surface area contributed by atoms with Crippen LogP contribution in [0.2, 0.25) is 0 Å². The molecule has 0 saturated carbocycles. The lowest BCUT2D eigenvalue weighted by Crippen LogP contribution is -2.12. The molecule has 0 fully saturated rings. The monoisotopic (exact) mass is 188 g/mol. The third-order valence-corrected chi connectivity index (χ3v) is 2.42. The summed E-state index contributed by atoms with van der Waals surface area (Å²) >= 11 is 0. The van der Waals surface area contributed by atoms with E-state index in [1.54, 1.807) is 0 Å². The molecular weight excluding hydrogens is 172 g/mol. The third-order valence-electron chi connectivity index (χ3n) is 2.42. The first kappa shape index (κ1) is 9.25. The van der Waals surface area contributed by atoms with Crippen LogP contribution in [0.15, 0.2) is 18.2 Å². The van der Waals surface area contributed by atoms with E-state index in [1.165, 1.54) is 5.56 Å². The van der Waals surface area contributed by atoms with E-state index in [2.05, 4.69) is 55.9 Å². The van der Waals surface area contributed by atoms with Crippen molar-refractivity contribution in [2.75, 3.05) is 0 Å². The first-order valence-corrected chi connectivity index (χ1v) is 4.94. The Labute approximate surface area is 84.4 Å². The Bertz CT molecular complexity index is 461. The smallest absolute Gasteiger partial charge is 0.112 e. The van der Waals surface area contributed by atoms with Gasteiger partial charge in [0.1, 0.15) is 5.82 Å². The van der Waals surface area contributed by atoms with Gasteiger partial charge >= 0.3 is 0 Å². The number of fused-ring (bicyclic) bond motifs is 1. The molecule has 0 radical (unpaired) electrons. The highest BCUT2D eigenvalue weighted by atomic mass is 14.9. The van der Waals surface area contributed by atoms with E-state index in [0.29, 0.717) is 0 Å². The summed E-state index contributed by atoms with van der Waals surface area (Å²) in [6.45, 7) is 8.59. The van der Waals surface area contributed by atoms with Gasteiger partial charge in [0.15, 0.2) is 0 Å². The minimum Gasteiger partial charge on any atom is -0.342 e. The normalized spacial score (nSPS) is 12.3. The topological polar surface area (TPSA) is 28.7 Å². The maximum absolute atomic E-state index is 4.63. The molecule has 14 heavy (non-hydrogen) atoms. The summed E-state index contributed by atoms with van der Waals surface area (Å²) in [4.78, 5) is 7.99. The number of imidazole rings is 1. The lowest BCUT2D eigenvalue weighted by molar-refractivity contribution is 0.554. The number of rotatable bonds is 0. The van der Waals surface area contributed by atoms with Crippen LogP contribution >= 0.6 is 0 Å². The zero-order chi connectivity index (χ0) is 10.3. The Hall–Kier alpha value is -1.31. The first-order chi connectivity index (χ1) is 6.48. The summed E-state index contributed by atoms with van der Waals surface area (Å²) < 4.78 is 0. The second kappa shape index (κ2) is 2.84. The van der Waals surface area contributed by atoms with E-state index in [1.807, 2.05) is 0 Å². The molecule has 0 bridgehead atoms. The Morgan fingerprint density at radius 2 is 1.93 bits per heavy atom. The van der Waals surface area contributed by atoms with Gasteiger partial charge in [-0.2, -0.15) is 0 Å². The number of hydrogen-bond donors (Lipinski definition) is 1. The number of nitrogens with zero attached hydrogens (tertiary/aromatic N) is 1. The van der Waals surface area contributed by atoms with Crippen LogP contribution in [-0.2, 0) is 5.41 Å². The Morgan fingerprint density at radius 3 is 2.50 bits per heavy atom. The molecule has 2 heteroatoms. The summed E-state index contributed by atoms with van der Waals surface area (Å²) in [7, 11) is 0. The van der Waals surface area contributed by atoms with Crippen LogP contribution in [-0.4, -0.2) is 9.97 Å². The number of nitrogens with one attached hydrogen (secondary N) is 1. The first-order valence-electron chi connectivity index (χ1n) is 4.94. The van der Waals surface area contributed by atoms with Gasteiger partial charge < -0.3 is 4.98 Å². The Balaban J connectivity index is 2.69. The third kappa shape index (κ3) is 1.41. The molecule has 0 saturated heterocycles. The van der Waals surface area contributed by atoms with Crippen molar-refractivity contribution >= 4 is 11.0 Å². The molecule has 0 amide bonds. The average Bonchev–Trinajstić information content (AvgIpc) is 2.48. The molecule has 0 unspecified atom stereocenters. The summed E-state index contributed by atoms with van der Waals surface area (Å²) in [5, 5.41) is 0. The molecule has 1 aromatic heterocycles. The molecule has 0 aliphatic carbocycles. The minimum absolute atomic E-state index is 0.0887. The second-order valence-corrected chi connectivity index (χ2v) is 4.81. The average molecular weight is 188 g/mol. The number of H-pyrrole nitrogens is 1. The van der Waals surface area contributed by atoms with Gasteiger partial charge in [0, 0.05) is 5.41 Å². The van der Waals surface area contributed by atoms with E-state index in [4.69, 9.17) is 0 Å². The number of aromatic nitrogens is 2. The van der Waals surface area contributed by atoms with Crippen LogP contribution in [0.3, 0.4) is 0 Å². The van der Waals surface area contributed by atoms with Gasteiger partial charge in [0.25, 0.3) is 0 Å². The molecule has 74 valence electrons. The largest absolute Gasteiger partial charge is 0.342 e. The van der Waals surface area contributed by atoms with E-state index < -0.39 is 0 Å². The minimum atomic E-state index is 0.0887. The summed E-state index contributed by atoms with van der Waals surface area (Å²) in [5.41, 5.74) is 3.55. The highest BCUT2D eigenvalue weighted by molar-refractivity contribution is 5.78. The molecular formula is C12H16N2. The van der Waals surface area contributed by atoms with Crippen LogP contribution in [0.4, 0.5) is 0 Å². The second-order valence-electron chi connectivity index (χ2n) is 4.81. The Morgan fingerprint density at radius 1 is 1.21 bits per heavy atom. The number of para-hydroxylation sites is 1. The number of benzene rings is 1. The number of aromatic amines is 1. The zero-order valence-electron chi connectivity index (χ0n) is 9.18. The van der Waals surface area contributed by atoms with Gasteiger partial charge in [0.2, 0.25) is 0 Å². The molecule has 1 heterocycles. The van der Waals surface area contributed by atoms with Crippen LogP contribution in [0.1, 0.15) is 32.2 Å². The molecule has 1 aromatic carbocycles. The molecule has 0 atom stereocenters. The predicted octanol–water partition coefficient (Wildman–Crippen LogP) is 3.17. The maximum Gasteiger partial charge on any atom is 0.112 e. The van der Waals surface area contributed by atoms with Crippen molar-refractivity contribution in [3.8, 4) is 0 Å². The van der Waals surface area contributed by atoms with Gasteiger partial charge in [-0.3, -0.25) is 0 Å². The van der Waals surface area contributed by atoms with Crippen molar-refractivity contribution in [3.63, 3.8) is 0 Å². The summed E-state index contributed by atoms with van der Waals surface area (Å²) in [5.74, 6) is 1.06. The van der Waals surface area contributed by atoms with E-state index in [9.17, 15) is 0 Å². The molecule has 2 rings (SSSR count). The fourth-order valence-corrected chi connectivity index (χ4v) is 1.53. The molecule has 1 N–H and O–H groups in total. The van der Waals surface area contributed by atoms with Gasteiger partial charge in [-0.15, -0.1) is 0 Å². The van der Waals surface area contributed by atoms with Crippen molar-refractivity contribution in [2.24, 2.45) is 0 Å². The van der Waals surface area contributed by atoms with Gasteiger partial charge in [-0.1, -0.05) is 32.9 Å². The van der Waals surface area contributed by atoms with Gasteiger partial charge in [-0.05, 0) is 18.6 Å². The van der Waals surface area contributed by atoms with Gasteiger partial charge in [-0.25, -0.2) is 4.98 Å². The quantitative estimate of drug-likeness (QED) is 0.676. The predicted molar refractivity (Wildman–Crippen MR) is 59.5 cm³/mol. The van der Waals surface area contributed by atoms with Crippen molar-refractivity contribution in [1.82, 2.24) is 9.97 Å². The van der Waals surface area contributed by atoms with Crippen LogP contribution in [0, 0.1) is 6.92 Å². The van der Waals surface area contributed by atoms with Crippen LogP contribution in [0.5, 0.6) is 0 Å².